The Morgan fingerprint density at radius 2 is 1.75 bits per heavy atom. The van der Waals surface area contributed by atoms with Crippen molar-refractivity contribution in [2.75, 3.05) is 20.1 Å². The Morgan fingerprint density at radius 1 is 1.11 bits per heavy atom. The van der Waals surface area contributed by atoms with Gasteiger partial charge in [0.15, 0.2) is 0 Å². The van der Waals surface area contributed by atoms with Crippen LogP contribution in [0.3, 0.4) is 0 Å². The van der Waals surface area contributed by atoms with Gasteiger partial charge in [-0.05, 0) is 43.4 Å². The van der Waals surface area contributed by atoms with E-state index in [0.717, 1.165) is 24.2 Å². The van der Waals surface area contributed by atoms with Crippen molar-refractivity contribution >= 4 is 21.3 Å². The number of hydrogen-bond acceptors (Lipinski definition) is 4. The Balaban J connectivity index is 1.76. The molecule has 2 aliphatic rings. The fourth-order valence-electron chi connectivity index (χ4n) is 3.52. The minimum absolute atomic E-state index is 0.224. The molecule has 0 N–H and O–H groups in total. The van der Waals surface area contributed by atoms with Gasteiger partial charge >= 0.3 is 15.5 Å². The van der Waals surface area contributed by atoms with Gasteiger partial charge in [-0.25, -0.2) is 8.42 Å². The quantitative estimate of drug-likeness (QED) is 0.745. The number of ether oxygens (including phenoxy) is 1. The van der Waals surface area contributed by atoms with Crippen molar-refractivity contribution in [3.63, 3.8) is 0 Å². The average molecular weight is 416 g/mol. The molecule has 1 aromatic rings. The van der Waals surface area contributed by atoms with E-state index in [9.17, 15) is 21.6 Å². The van der Waals surface area contributed by atoms with Crippen LogP contribution in [0.15, 0.2) is 35.3 Å². The van der Waals surface area contributed by atoms with E-state index in [4.69, 9.17) is 4.74 Å². The average Bonchev–Trinajstić information content (AvgIpc) is 2.68. The predicted octanol–water partition coefficient (Wildman–Crippen LogP) is 4.02. The molecule has 0 bridgehead atoms. The van der Waals surface area contributed by atoms with Crippen LogP contribution in [0.25, 0.3) is 5.57 Å². The molecule has 1 aromatic carbocycles. The van der Waals surface area contributed by atoms with E-state index >= 15 is 0 Å². The smallest absolute Gasteiger partial charge is 0.490 e. The summed E-state index contributed by atoms with van der Waals surface area (Å²) >= 11 is 0. The first-order chi connectivity index (χ1) is 13.2. The second kappa shape index (κ2) is 8.24. The second-order valence-electron chi connectivity index (χ2n) is 6.93. The van der Waals surface area contributed by atoms with Crippen molar-refractivity contribution in [3.8, 4) is 5.75 Å². The number of sulfonamides is 1. The Morgan fingerprint density at radius 3 is 2.32 bits per heavy atom. The first-order valence-corrected chi connectivity index (χ1v) is 10.7. The highest BCUT2D eigenvalue weighted by atomic mass is 32.2. The molecule has 1 aliphatic carbocycles. The first kappa shape index (κ1) is 20.9. The third-order valence-corrected chi connectivity index (χ3v) is 6.60. The molecule has 1 fully saturated rings. The van der Waals surface area contributed by atoms with Gasteiger partial charge < -0.3 is 4.74 Å². The third kappa shape index (κ3) is 4.41. The molecule has 0 aromatic heterocycles. The van der Waals surface area contributed by atoms with Gasteiger partial charge in [0.1, 0.15) is 5.75 Å². The number of benzene rings is 1. The molecular weight excluding hydrogens is 393 g/mol. The summed E-state index contributed by atoms with van der Waals surface area (Å²) in [5.74, 6) is 0.753. The predicted molar refractivity (Wildman–Crippen MR) is 102 cm³/mol. The van der Waals surface area contributed by atoms with Crippen molar-refractivity contribution in [3.05, 3.63) is 35.9 Å². The summed E-state index contributed by atoms with van der Waals surface area (Å²) in [6.45, 7) is -0.763. The fraction of sp³-hybridized carbons (Fsp3) is 0.526. The topological polar surface area (TPSA) is 59.0 Å². The highest BCUT2D eigenvalue weighted by Gasteiger charge is 2.50. The Kier molecular flexibility index (Phi) is 6.14. The first-order valence-electron chi connectivity index (χ1n) is 9.22. The highest BCUT2D eigenvalue weighted by Crippen LogP contribution is 2.31. The highest BCUT2D eigenvalue weighted by molar-refractivity contribution is 7.90. The number of alkyl halides is 3. The molecule has 5 nitrogen and oxygen atoms in total. The molecule has 1 saturated carbocycles. The van der Waals surface area contributed by atoms with E-state index in [0.29, 0.717) is 15.6 Å². The van der Waals surface area contributed by atoms with Gasteiger partial charge in [0.05, 0.1) is 18.4 Å². The maximum absolute atomic E-state index is 12.8. The van der Waals surface area contributed by atoms with Crippen molar-refractivity contribution in [1.29, 1.82) is 0 Å². The van der Waals surface area contributed by atoms with Crippen LogP contribution in [-0.4, -0.2) is 50.2 Å². The molecule has 0 saturated heterocycles. The molecule has 1 aliphatic heterocycles. The van der Waals surface area contributed by atoms with Crippen molar-refractivity contribution in [2.24, 2.45) is 4.99 Å². The van der Waals surface area contributed by atoms with Gasteiger partial charge in [0, 0.05) is 19.2 Å². The zero-order valence-electron chi connectivity index (χ0n) is 15.6. The standard InChI is InChI=1S/C19H23F3N2O3S/c1-23-18-13-24(28(25,26)19(20,21)22)12-11-17(18)14-7-9-16(10-8-14)27-15-5-3-2-4-6-15/h7-11,15H,2-6,12-13H2,1H3. The number of aliphatic imine (C=N–C) groups is 1. The van der Waals surface area contributed by atoms with E-state index in [1.165, 1.54) is 32.4 Å². The summed E-state index contributed by atoms with van der Waals surface area (Å²) in [6, 6.07) is 7.31. The number of hydrogen-bond donors (Lipinski definition) is 0. The summed E-state index contributed by atoms with van der Waals surface area (Å²) in [5.41, 5.74) is -3.63. The van der Waals surface area contributed by atoms with Gasteiger partial charge in [0.25, 0.3) is 0 Å². The molecule has 0 spiro atoms. The lowest BCUT2D eigenvalue weighted by molar-refractivity contribution is -0.0482. The normalized spacial score (nSPS) is 21.6. The Hall–Kier alpha value is -1.87. The molecule has 0 radical (unpaired) electrons. The van der Waals surface area contributed by atoms with Crippen molar-refractivity contribution in [2.45, 2.75) is 43.7 Å². The number of nitrogens with zero attached hydrogens (tertiary/aromatic N) is 2. The summed E-state index contributed by atoms with van der Waals surface area (Å²) in [4.78, 5) is 4.01. The van der Waals surface area contributed by atoms with Crippen LogP contribution in [0.4, 0.5) is 13.2 Å². The maximum Gasteiger partial charge on any atom is 0.511 e. The zero-order valence-corrected chi connectivity index (χ0v) is 16.4. The molecule has 1 heterocycles. The van der Waals surface area contributed by atoms with E-state index in [2.05, 4.69) is 4.99 Å². The van der Waals surface area contributed by atoms with Crippen LogP contribution in [0.5, 0.6) is 5.75 Å². The largest absolute Gasteiger partial charge is 0.511 e. The van der Waals surface area contributed by atoms with Gasteiger partial charge in [0.2, 0.25) is 0 Å². The zero-order chi connectivity index (χ0) is 20.4. The van der Waals surface area contributed by atoms with Crippen molar-refractivity contribution < 1.29 is 26.3 Å². The summed E-state index contributed by atoms with van der Waals surface area (Å²) in [7, 11) is -3.95. The lowest BCUT2D eigenvalue weighted by Crippen LogP contribution is -2.45. The molecule has 28 heavy (non-hydrogen) atoms. The molecule has 0 unspecified atom stereocenters. The van der Waals surface area contributed by atoms with Crippen LogP contribution in [-0.2, 0) is 10.0 Å². The lowest BCUT2D eigenvalue weighted by Gasteiger charge is -2.28. The van der Waals surface area contributed by atoms with Gasteiger partial charge in [-0.2, -0.15) is 17.5 Å². The summed E-state index contributed by atoms with van der Waals surface area (Å²) in [6.07, 6.45) is 7.36. The van der Waals surface area contributed by atoms with Crippen LogP contribution >= 0.6 is 0 Å². The number of halogens is 3. The molecule has 0 atom stereocenters. The molecule has 0 amide bonds. The number of rotatable bonds is 4. The summed E-state index contributed by atoms with van der Waals surface area (Å²) in [5, 5.41) is 0. The minimum atomic E-state index is -5.38. The van der Waals surface area contributed by atoms with Crippen LogP contribution in [0.1, 0.15) is 37.7 Å². The summed E-state index contributed by atoms with van der Waals surface area (Å²) < 4.78 is 68.1. The van der Waals surface area contributed by atoms with Gasteiger partial charge in [-0.1, -0.05) is 24.6 Å². The Labute approximate surface area is 163 Å². The van der Waals surface area contributed by atoms with E-state index in [1.54, 1.807) is 0 Å². The van der Waals surface area contributed by atoms with E-state index in [1.807, 2.05) is 24.3 Å². The fourth-order valence-corrected chi connectivity index (χ4v) is 4.38. The van der Waals surface area contributed by atoms with Gasteiger partial charge in [-0.15, -0.1) is 0 Å². The molecule has 154 valence electrons. The monoisotopic (exact) mass is 416 g/mol. The maximum atomic E-state index is 12.8. The van der Waals surface area contributed by atoms with Crippen LogP contribution < -0.4 is 4.74 Å². The minimum Gasteiger partial charge on any atom is -0.490 e. The third-order valence-electron chi connectivity index (χ3n) is 5.06. The van der Waals surface area contributed by atoms with E-state index in [-0.39, 0.29) is 12.6 Å². The molecule has 9 heteroatoms. The second-order valence-corrected chi connectivity index (χ2v) is 8.86. The molecular formula is C19H23F3N2O3S. The van der Waals surface area contributed by atoms with Crippen molar-refractivity contribution in [1.82, 2.24) is 4.31 Å². The van der Waals surface area contributed by atoms with Gasteiger partial charge in [-0.3, -0.25) is 4.99 Å². The molecule has 3 rings (SSSR count). The lowest BCUT2D eigenvalue weighted by atomic mass is 9.97. The van der Waals surface area contributed by atoms with E-state index < -0.39 is 22.1 Å². The Bertz CT molecular complexity index is 855. The van der Waals surface area contributed by atoms with Crippen LogP contribution in [0, 0.1) is 0 Å². The van der Waals surface area contributed by atoms with Crippen LogP contribution in [0.2, 0.25) is 0 Å². The SMILES string of the molecule is CN=C1CN(S(=O)(=O)C(F)(F)F)CC=C1c1ccc(OC2CCCCC2)cc1.